The van der Waals surface area contributed by atoms with Gasteiger partial charge in [-0.2, -0.15) is 0 Å². The molecule has 0 spiro atoms. The summed E-state index contributed by atoms with van der Waals surface area (Å²) in [6, 6.07) is 10.2. The van der Waals surface area contributed by atoms with Crippen LogP contribution in [0.15, 0.2) is 42.5 Å². The Morgan fingerprint density at radius 1 is 0.853 bits per heavy atom. The molecule has 8 heteroatoms. The standard InChI is InChI=1S/C26H38O8/c1-4-31-23(27)22(26(30,24(28)32-5-2)25(29)33-6-3)34-20-16-11-9-7-8-10-13-17-21-18-14-12-15-19-21/h10,12-15,18-19,22,30H,4-9,11,16-17,20H2,1-3H3. The van der Waals surface area contributed by atoms with Gasteiger partial charge >= 0.3 is 17.9 Å². The van der Waals surface area contributed by atoms with E-state index in [0.29, 0.717) is 6.42 Å². The van der Waals surface area contributed by atoms with Gasteiger partial charge in [0, 0.05) is 6.61 Å². The number of benzene rings is 1. The first-order chi connectivity index (χ1) is 16.4. The summed E-state index contributed by atoms with van der Waals surface area (Å²) < 4.78 is 20.1. The van der Waals surface area contributed by atoms with Crippen LogP contribution < -0.4 is 0 Å². The minimum absolute atomic E-state index is 0.0157. The SMILES string of the molecule is CCOC(=O)C(OCCCCCCC=CCc1ccccc1)C(O)(C(=O)OCC)C(=O)OCC. The summed E-state index contributed by atoms with van der Waals surface area (Å²) in [6.45, 7) is 4.43. The summed E-state index contributed by atoms with van der Waals surface area (Å²) in [6.07, 6.45) is 7.66. The smallest absolute Gasteiger partial charge is 0.353 e. The van der Waals surface area contributed by atoms with Gasteiger partial charge in [-0.1, -0.05) is 55.3 Å². The molecule has 0 heterocycles. The maximum atomic E-state index is 12.4. The van der Waals surface area contributed by atoms with Gasteiger partial charge in [0.15, 0.2) is 0 Å². The Balaban J connectivity index is 2.54. The Hall–Kier alpha value is -2.71. The lowest BCUT2D eigenvalue weighted by atomic mass is 9.96. The van der Waals surface area contributed by atoms with Crippen LogP contribution in [-0.4, -0.2) is 61.1 Å². The predicted molar refractivity (Wildman–Crippen MR) is 127 cm³/mol. The van der Waals surface area contributed by atoms with Crippen LogP contribution in [0.5, 0.6) is 0 Å². The van der Waals surface area contributed by atoms with Crippen LogP contribution in [0.1, 0.15) is 58.4 Å². The molecule has 1 aromatic carbocycles. The average molecular weight is 479 g/mol. The zero-order valence-electron chi connectivity index (χ0n) is 20.5. The van der Waals surface area contributed by atoms with Crippen LogP contribution in [0.25, 0.3) is 0 Å². The summed E-state index contributed by atoms with van der Waals surface area (Å²) in [5.41, 5.74) is -1.67. The van der Waals surface area contributed by atoms with Crippen LogP contribution in [0, 0.1) is 0 Å². The molecule has 34 heavy (non-hydrogen) atoms. The lowest BCUT2D eigenvalue weighted by Crippen LogP contribution is -2.61. The molecular weight excluding hydrogens is 440 g/mol. The van der Waals surface area contributed by atoms with Crippen molar-refractivity contribution in [1.29, 1.82) is 0 Å². The van der Waals surface area contributed by atoms with Crippen molar-refractivity contribution in [2.45, 2.75) is 71.0 Å². The van der Waals surface area contributed by atoms with Crippen LogP contribution in [0.2, 0.25) is 0 Å². The summed E-state index contributed by atoms with van der Waals surface area (Å²) in [7, 11) is 0. The molecule has 1 unspecified atom stereocenters. The van der Waals surface area contributed by atoms with Crippen molar-refractivity contribution in [3.8, 4) is 0 Å². The number of hydrogen-bond donors (Lipinski definition) is 1. The van der Waals surface area contributed by atoms with Gasteiger partial charge in [-0.05, 0) is 52.0 Å². The number of ether oxygens (including phenoxy) is 4. The van der Waals surface area contributed by atoms with Crippen LogP contribution in [-0.2, 0) is 39.8 Å². The lowest BCUT2D eigenvalue weighted by Gasteiger charge is -2.30. The van der Waals surface area contributed by atoms with Crippen molar-refractivity contribution in [1.82, 2.24) is 0 Å². The quantitative estimate of drug-likeness (QED) is 0.119. The third-order valence-corrected chi connectivity index (χ3v) is 4.97. The van der Waals surface area contributed by atoms with Crippen molar-refractivity contribution < 1.29 is 38.4 Å². The first-order valence-corrected chi connectivity index (χ1v) is 12.0. The summed E-state index contributed by atoms with van der Waals surface area (Å²) in [5, 5.41) is 10.9. The molecule has 0 saturated carbocycles. The number of hydrogen-bond acceptors (Lipinski definition) is 8. The van der Waals surface area contributed by atoms with Gasteiger partial charge in [0.1, 0.15) is 0 Å². The number of rotatable bonds is 17. The fourth-order valence-corrected chi connectivity index (χ4v) is 3.23. The van der Waals surface area contributed by atoms with Gasteiger partial charge < -0.3 is 24.1 Å². The van der Waals surface area contributed by atoms with E-state index in [2.05, 4.69) is 24.3 Å². The molecule has 0 saturated heterocycles. The fourth-order valence-electron chi connectivity index (χ4n) is 3.23. The first kappa shape index (κ1) is 29.3. The largest absolute Gasteiger partial charge is 0.464 e. The Labute approximate surface area is 202 Å². The second-order valence-electron chi connectivity index (χ2n) is 7.57. The van der Waals surface area contributed by atoms with E-state index < -0.39 is 29.6 Å². The molecule has 0 amide bonds. The summed E-state index contributed by atoms with van der Waals surface area (Å²) in [5.74, 6) is -3.66. The Kier molecular flexibility index (Phi) is 14.5. The third kappa shape index (κ3) is 9.65. The number of carbonyl (C=O) groups is 3. The molecule has 1 N–H and O–H groups in total. The fraction of sp³-hybridized carbons (Fsp3) is 0.577. The third-order valence-electron chi connectivity index (χ3n) is 4.97. The van der Waals surface area contributed by atoms with E-state index in [9.17, 15) is 19.5 Å². The van der Waals surface area contributed by atoms with Gasteiger partial charge in [-0.3, -0.25) is 0 Å². The summed E-state index contributed by atoms with van der Waals surface area (Å²) in [4.78, 5) is 37.3. The molecule has 0 aromatic heterocycles. The van der Waals surface area contributed by atoms with E-state index >= 15 is 0 Å². The molecule has 190 valence electrons. The van der Waals surface area contributed by atoms with E-state index in [1.807, 2.05) is 18.2 Å². The normalized spacial score (nSPS) is 12.4. The van der Waals surface area contributed by atoms with Gasteiger partial charge in [-0.25, -0.2) is 14.4 Å². The number of allylic oxidation sites excluding steroid dienone is 2. The highest BCUT2D eigenvalue weighted by Crippen LogP contribution is 2.21. The zero-order chi connectivity index (χ0) is 25.2. The van der Waals surface area contributed by atoms with E-state index in [0.717, 1.165) is 32.1 Å². The minimum Gasteiger partial charge on any atom is -0.464 e. The number of aliphatic hydroxyl groups is 1. The Morgan fingerprint density at radius 2 is 1.44 bits per heavy atom. The van der Waals surface area contributed by atoms with Gasteiger partial charge in [0.05, 0.1) is 19.8 Å². The highest BCUT2D eigenvalue weighted by Gasteiger charge is 2.58. The molecule has 0 bridgehead atoms. The van der Waals surface area contributed by atoms with Crippen molar-refractivity contribution in [3.05, 3.63) is 48.0 Å². The highest BCUT2D eigenvalue weighted by molar-refractivity contribution is 6.08. The number of carbonyl (C=O) groups excluding carboxylic acids is 3. The molecular formula is C26H38O8. The predicted octanol–water partition coefficient (Wildman–Crippen LogP) is 3.54. The zero-order valence-corrected chi connectivity index (χ0v) is 20.5. The molecule has 1 aromatic rings. The van der Waals surface area contributed by atoms with E-state index in [1.54, 1.807) is 6.92 Å². The maximum absolute atomic E-state index is 12.4. The van der Waals surface area contributed by atoms with Crippen molar-refractivity contribution in [2.75, 3.05) is 26.4 Å². The molecule has 1 atom stereocenters. The van der Waals surface area contributed by atoms with E-state index in [-0.39, 0.29) is 26.4 Å². The van der Waals surface area contributed by atoms with E-state index in [1.165, 1.54) is 19.4 Å². The maximum Gasteiger partial charge on any atom is 0.353 e. The van der Waals surface area contributed by atoms with Crippen molar-refractivity contribution in [3.63, 3.8) is 0 Å². The Bertz CT molecular complexity index is 741. The van der Waals surface area contributed by atoms with Crippen LogP contribution in [0.3, 0.4) is 0 Å². The molecule has 0 fully saturated rings. The average Bonchev–Trinajstić information content (AvgIpc) is 2.83. The van der Waals surface area contributed by atoms with Crippen molar-refractivity contribution >= 4 is 17.9 Å². The van der Waals surface area contributed by atoms with Crippen LogP contribution in [0.4, 0.5) is 0 Å². The van der Waals surface area contributed by atoms with Gasteiger partial charge in [0.25, 0.3) is 5.60 Å². The second kappa shape index (κ2) is 16.8. The second-order valence-corrected chi connectivity index (χ2v) is 7.57. The Morgan fingerprint density at radius 3 is 2.03 bits per heavy atom. The van der Waals surface area contributed by atoms with Crippen LogP contribution >= 0.6 is 0 Å². The number of unbranched alkanes of at least 4 members (excludes halogenated alkanes) is 4. The molecule has 0 radical (unpaired) electrons. The lowest BCUT2D eigenvalue weighted by molar-refractivity contribution is -0.208. The molecule has 0 aliphatic carbocycles. The highest BCUT2D eigenvalue weighted by atomic mass is 16.6. The van der Waals surface area contributed by atoms with Gasteiger partial charge in [-0.15, -0.1) is 0 Å². The monoisotopic (exact) mass is 478 g/mol. The topological polar surface area (TPSA) is 108 Å². The molecule has 0 aliphatic rings. The summed E-state index contributed by atoms with van der Waals surface area (Å²) >= 11 is 0. The molecule has 0 aliphatic heterocycles. The van der Waals surface area contributed by atoms with Crippen molar-refractivity contribution in [2.24, 2.45) is 0 Å². The minimum atomic E-state index is -2.94. The molecule has 1 rings (SSSR count). The van der Waals surface area contributed by atoms with E-state index in [4.69, 9.17) is 18.9 Å². The number of esters is 3. The first-order valence-electron chi connectivity index (χ1n) is 12.0. The van der Waals surface area contributed by atoms with Gasteiger partial charge in [0.2, 0.25) is 6.10 Å². The molecule has 8 nitrogen and oxygen atoms in total.